The molecule has 0 N–H and O–H groups in total. The second-order valence-corrected chi connectivity index (χ2v) is 12.2. The van der Waals surface area contributed by atoms with Gasteiger partial charge in [0.25, 0.3) is 0 Å². The Hall–Kier alpha value is -1.49. The second kappa shape index (κ2) is 8.38. The van der Waals surface area contributed by atoms with Crippen LogP contribution in [0.3, 0.4) is 0 Å². The van der Waals surface area contributed by atoms with Crippen molar-refractivity contribution in [2.75, 3.05) is 0 Å². The Kier molecular flexibility index (Phi) is 5.52. The molecule has 2 nitrogen and oxygen atoms in total. The minimum atomic E-state index is 0.441. The number of rotatable bonds is 5. The zero-order chi connectivity index (χ0) is 21.7. The molecule has 3 aromatic rings. The summed E-state index contributed by atoms with van der Waals surface area (Å²) in [6.07, 6.45) is 10.5. The highest BCUT2D eigenvalue weighted by atomic mass is 79.9. The fourth-order valence-corrected chi connectivity index (χ4v) is 8.07. The SMILES string of the molecule is Clc1ccc(Sc2oc(C=Nc3ccc(C45CC6CC(CC(C6)C4)C5)cc3)cc2Br)cc1. The summed E-state index contributed by atoms with van der Waals surface area (Å²) in [5.41, 5.74) is 2.95. The molecule has 5 heteroatoms. The zero-order valence-electron chi connectivity index (χ0n) is 17.8. The van der Waals surface area contributed by atoms with Crippen molar-refractivity contribution in [2.45, 2.75) is 53.9 Å². The molecule has 0 atom stereocenters. The number of nitrogens with zero attached hydrogens (tertiary/aromatic N) is 1. The fraction of sp³-hybridized carbons (Fsp3) is 0.370. The van der Waals surface area contributed by atoms with Crippen molar-refractivity contribution in [1.29, 1.82) is 0 Å². The number of furan rings is 1. The number of hydrogen-bond acceptors (Lipinski definition) is 3. The third-order valence-corrected chi connectivity index (χ3v) is 9.66. The molecule has 4 bridgehead atoms. The van der Waals surface area contributed by atoms with Crippen LogP contribution in [0.25, 0.3) is 0 Å². The molecule has 4 aliphatic rings. The Balaban J connectivity index is 1.16. The summed E-state index contributed by atoms with van der Waals surface area (Å²) < 4.78 is 6.92. The lowest BCUT2D eigenvalue weighted by Crippen LogP contribution is -2.48. The maximum atomic E-state index is 5.99. The fourth-order valence-electron chi connectivity index (χ4n) is 6.62. The third kappa shape index (κ3) is 4.10. The third-order valence-electron chi connectivity index (χ3n) is 7.56. The maximum absolute atomic E-state index is 5.99. The monoisotopic (exact) mass is 525 g/mol. The predicted octanol–water partition coefficient (Wildman–Crippen LogP) is 9.07. The molecule has 4 saturated carbocycles. The second-order valence-electron chi connectivity index (χ2n) is 9.84. The van der Waals surface area contributed by atoms with Gasteiger partial charge in [0.15, 0.2) is 5.09 Å². The van der Waals surface area contributed by atoms with Crippen molar-refractivity contribution < 1.29 is 4.42 Å². The van der Waals surface area contributed by atoms with E-state index in [2.05, 4.69) is 45.2 Å². The Morgan fingerprint density at radius 3 is 2.19 bits per heavy atom. The van der Waals surface area contributed by atoms with E-state index in [4.69, 9.17) is 16.0 Å². The van der Waals surface area contributed by atoms with E-state index in [9.17, 15) is 0 Å². The molecule has 4 aliphatic carbocycles. The first-order valence-electron chi connectivity index (χ1n) is 11.4. The van der Waals surface area contributed by atoms with Crippen LogP contribution in [0.2, 0.25) is 5.02 Å². The molecular weight excluding hydrogens is 502 g/mol. The van der Waals surface area contributed by atoms with E-state index < -0.39 is 0 Å². The van der Waals surface area contributed by atoms with E-state index in [0.29, 0.717) is 5.41 Å². The van der Waals surface area contributed by atoms with Gasteiger partial charge in [0, 0.05) is 16.0 Å². The van der Waals surface area contributed by atoms with Crippen LogP contribution in [0.4, 0.5) is 5.69 Å². The normalized spacial score (nSPS) is 28.6. The van der Waals surface area contributed by atoms with Gasteiger partial charge < -0.3 is 4.42 Å². The predicted molar refractivity (Wildman–Crippen MR) is 136 cm³/mol. The van der Waals surface area contributed by atoms with Crippen LogP contribution >= 0.6 is 39.3 Å². The van der Waals surface area contributed by atoms with Gasteiger partial charge in [-0.3, -0.25) is 4.99 Å². The van der Waals surface area contributed by atoms with Gasteiger partial charge >= 0.3 is 0 Å². The summed E-state index contributed by atoms with van der Waals surface area (Å²) in [6.45, 7) is 0. The van der Waals surface area contributed by atoms with Gasteiger partial charge in [0.2, 0.25) is 0 Å². The lowest BCUT2D eigenvalue weighted by atomic mass is 9.48. The lowest BCUT2D eigenvalue weighted by molar-refractivity contribution is -0.00518. The molecule has 0 unspecified atom stereocenters. The van der Waals surface area contributed by atoms with E-state index >= 15 is 0 Å². The van der Waals surface area contributed by atoms with Crippen molar-refractivity contribution >= 4 is 51.2 Å². The molecule has 1 heterocycles. The Labute approximate surface area is 207 Å². The van der Waals surface area contributed by atoms with Crippen molar-refractivity contribution in [3.05, 3.63) is 75.4 Å². The first-order valence-corrected chi connectivity index (χ1v) is 13.4. The summed E-state index contributed by atoms with van der Waals surface area (Å²) in [5.74, 6) is 3.64. The Bertz CT molecular complexity index is 1120. The first kappa shape index (κ1) is 21.1. The van der Waals surface area contributed by atoms with Gasteiger partial charge in [-0.25, -0.2) is 0 Å². The molecule has 164 valence electrons. The van der Waals surface area contributed by atoms with Gasteiger partial charge in [0.1, 0.15) is 5.76 Å². The van der Waals surface area contributed by atoms with Crippen molar-refractivity contribution in [1.82, 2.24) is 0 Å². The van der Waals surface area contributed by atoms with Gasteiger partial charge in [0.05, 0.1) is 16.4 Å². The summed E-state index contributed by atoms with van der Waals surface area (Å²) >= 11 is 11.1. The zero-order valence-corrected chi connectivity index (χ0v) is 20.9. The number of halogens is 2. The van der Waals surface area contributed by atoms with Crippen molar-refractivity contribution in [2.24, 2.45) is 22.7 Å². The minimum absolute atomic E-state index is 0.441. The summed E-state index contributed by atoms with van der Waals surface area (Å²) in [4.78, 5) is 5.75. The van der Waals surface area contributed by atoms with Crippen LogP contribution in [0.5, 0.6) is 0 Å². The molecule has 1 aromatic heterocycles. The molecule has 4 fully saturated rings. The summed E-state index contributed by atoms with van der Waals surface area (Å²) in [6, 6.07) is 18.7. The van der Waals surface area contributed by atoms with Crippen molar-refractivity contribution in [3.63, 3.8) is 0 Å². The molecule has 0 saturated heterocycles. The van der Waals surface area contributed by atoms with Crippen LogP contribution in [0.1, 0.15) is 49.8 Å². The van der Waals surface area contributed by atoms with Gasteiger partial charge in [-0.15, -0.1) is 0 Å². The summed E-state index contributed by atoms with van der Waals surface area (Å²) in [7, 11) is 0. The highest BCUT2D eigenvalue weighted by Gasteiger charge is 2.51. The van der Waals surface area contributed by atoms with Crippen LogP contribution < -0.4 is 0 Å². The number of aliphatic imine (C=N–C) groups is 1. The minimum Gasteiger partial charge on any atom is -0.447 e. The standard InChI is InChI=1S/C27H25BrClNOS/c28-25-12-23(31-26(25)32-24-7-3-21(29)4-8-24)16-30-22-5-1-20(2-6-22)27-13-17-9-18(14-27)11-19(10-17)15-27/h1-8,12,16-19H,9-11,13-15H2. The number of benzene rings is 2. The smallest absolute Gasteiger partial charge is 0.179 e. The number of hydrogen-bond donors (Lipinski definition) is 0. The molecular formula is C27H25BrClNOS. The molecule has 32 heavy (non-hydrogen) atoms. The highest BCUT2D eigenvalue weighted by Crippen LogP contribution is 2.60. The Morgan fingerprint density at radius 1 is 0.938 bits per heavy atom. The molecule has 0 radical (unpaired) electrons. The van der Waals surface area contributed by atoms with E-state index in [-0.39, 0.29) is 0 Å². The van der Waals surface area contributed by atoms with E-state index in [1.54, 1.807) is 18.0 Å². The molecule has 0 spiro atoms. The lowest BCUT2D eigenvalue weighted by Gasteiger charge is -2.57. The first-order chi connectivity index (χ1) is 15.5. The maximum Gasteiger partial charge on any atom is 0.179 e. The highest BCUT2D eigenvalue weighted by molar-refractivity contribution is 9.10. The van der Waals surface area contributed by atoms with Crippen molar-refractivity contribution in [3.8, 4) is 0 Å². The van der Waals surface area contributed by atoms with E-state index in [0.717, 1.165) is 48.7 Å². The van der Waals surface area contributed by atoms with Crippen LogP contribution in [-0.4, -0.2) is 6.21 Å². The molecule has 0 amide bonds. The van der Waals surface area contributed by atoms with Crippen LogP contribution in [0, 0.1) is 17.8 Å². The van der Waals surface area contributed by atoms with Gasteiger partial charge in [-0.1, -0.05) is 35.5 Å². The molecule has 7 rings (SSSR count). The molecule has 2 aromatic carbocycles. The molecule has 0 aliphatic heterocycles. The van der Waals surface area contributed by atoms with E-state index in [1.165, 1.54) is 44.1 Å². The van der Waals surface area contributed by atoms with Gasteiger partial charge in [-0.2, -0.15) is 0 Å². The topological polar surface area (TPSA) is 25.5 Å². The van der Waals surface area contributed by atoms with Crippen LogP contribution in [0.15, 0.2) is 78.5 Å². The van der Waals surface area contributed by atoms with E-state index in [1.807, 2.05) is 30.3 Å². The van der Waals surface area contributed by atoms with Gasteiger partial charge in [-0.05, 0) is 120 Å². The Morgan fingerprint density at radius 2 is 1.56 bits per heavy atom. The quantitative estimate of drug-likeness (QED) is 0.310. The van der Waals surface area contributed by atoms with Crippen LogP contribution in [-0.2, 0) is 5.41 Å². The summed E-state index contributed by atoms with van der Waals surface area (Å²) in [5, 5.41) is 1.54. The average molecular weight is 527 g/mol. The largest absolute Gasteiger partial charge is 0.447 e. The average Bonchev–Trinajstić information content (AvgIpc) is 3.12.